The van der Waals surface area contributed by atoms with Crippen LogP contribution >= 0.6 is 0 Å². The number of hydrogen-bond donors (Lipinski definition) is 1. The van der Waals surface area contributed by atoms with Crippen LogP contribution in [0.1, 0.15) is 33.1 Å². The highest BCUT2D eigenvalue weighted by Crippen LogP contribution is 2.41. The third kappa shape index (κ3) is 3.43. The molecule has 1 N–H and O–H groups in total. The maximum absolute atomic E-state index is 3.78. The van der Waals surface area contributed by atoms with Gasteiger partial charge in [-0.25, -0.2) is 0 Å². The summed E-state index contributed by atoms with van der Waals surface area (Å²) in [5.74, 6) is 0.936. The molecular formula is C14H29N3. The predicted octanol–water partition coefficient (Wildman–Crippen LogP) is 1.40. The van der Waals surface area contributed by atoms with Crippen molar-refractivity contribution in [1.82, 2.24) is 15.1 Å². The van der Waals surface area contributed by atoms with Crippen molar-refractivity contribution < 1.29 is 0 Å². The lowest BCUT2D eigenvalue weighted by molar-refractivity contribution is 0.0805. The van der Waals surface area contributed by atoms with Gasteiger partial charge in [0.25, 0.3) is 0 Å². The summed E-state index contributed by atoms with van der Waals surface area (Å²) in [7, 11) is 4.32. The van der Waals surface area contributed by atoms with Gasteiger partial charge in [0.05, 0.1) is 0 Å². The molecule has 1 saturated carbocycles. The van der Waals surface area contributed by atoms with Crippen molar-refractivity contribution in [1.29, 1.82) is 0 Å². The molecule has 17 heavy (non-hydrogen) atoms. The first-order valence-electron chi connectivity index (χ1n) is 7.15. The minimum Gasteiger partial charge on any atom is -0.309 e. The summed E-state index contributed by atoms with van der Waals surface area (Å²) in [5.41, 5.74) is 0.393. The van der Waals surface area contributed by atoms with Crippen molar-refractivity contribution in [2.24, 2.45) is 5.92 Å². The van der Waals surface area contributed by atoms with E-state index in [2.05, 4.69) is 43.1 Å². The minimum absolute atomic E-state index is 0.393. The zero-order valence-electron chi connectivity index (χ0n) is 12.0. The van der Waals surface area contributed by atoms with Crippen molar-refractivity contribution >= 4 is 0 Å². The number of piperazine rings is 1. The Bertz CT molecular complexity index is 250. The van der Waals surface area contributed by atoms with Gasteiger partial charge in [0.2, 0.25) is 0 Å². The second kappa shape index (κ2) is 5.25. The summed E-state index contributed by atoms with van der Waals surface area (Å²) < 4.78 is 0. The molecule has 1 saturated heterocycles. The monoisotopic (exact) mass is 239 g/mol. The van der Waals surface area contributed by atoms with Crippen molar-refractivity contribution in [3.8, 4) is 0 Å². The van der Waals surface area contributed by atoms with Crippen LogP contribution < -0.4 is 5.32 Å². The Balaban J connectivity index is 1.82. The molecule has 2 aliphatic rings. The van der Waals surface area contributed by atoms with Crippen LogP contribution in [0.5, 0.6) is 0 Å². The van der Waals surface area contributed by atoms with E-state index >= 15 is 0 Å². The molecule has 0 spiro atoms. The van der Waals surface area contributed by atoms with Gasteiger partial charge >= 0.3 is 0 Å². The van der Waals surface area contributed by atoms with Crippen LogP contribution in [0.4, 0.5) is 0 Å². The zero-order chi connectivity index (χ0) is 12.5. The van der Waals surface area contributed by atoms with Crippen LogP contribution in [-0.2, 0) is 0 Å². The largest absolute Gasteiger partial charge is 0.309 e. The van der Waals surface area contributed by atoms with Gasteiger partial charge in [-0.05, 0) is 66.2 Å². The quantitative estimate of drug-likeness (QED) is 0.782. The van der Waals surface area contributed by atoms with Gasteiger partial charge in [-0.15, -0.1) is 0 Å². The number of hydrogen-bond acceptors (Lipinski definition) is 3. The fourth-order valence-corrected chi connectivity index (χ4v) is 3.03. The maximum Gasteiger partial charge on any atom is 0.0309 e. The van der Waals surface area contributed by atoms with Gasteiger partial charge in [0.15, 0.2) is 0 Å². The van der Waals surface area contributed by atoms with E-state index < -0.39 is 0 Å². The Morgan fingerprint density at radius 1 is 1.35 bits per heavy atom. The molecule has 1 aliphatic heterocycles. The highest BCUT2D eigenvalue weighted by atomic mass is 15.3. The number of nitrogens with zero attached hydrogens (tertiary/aromatic N) is 2. The summed E-state index contributed by atoms with van der Waals surface area (Å²) >= 11 is 0. The van der Waals surface area contributed by atoms with E-state index in [4.69, 9.17) is 0 Å². The van der Waals surface area contributed by atoms with E-state index in [1.165, 1.54) is 38.9 Å². The van der Waals surface area contributed by atoms with E-state index in [1.54, 1.807) is 0 Å². The molecule has 0 amide bonds. The molecule has 1 heterocycles. The summed E-state index contributed by atoms with van der Waals surface area (Å²) in [6.07, 6.45) is 4.16. The third-order valence-corrected chi connectivity index (χ3v) is 4.49. The van der Waals surface area contributed by atoms with Gasteiger partial charge < -0.3 is 10.2 Å². The highest BCUT2D eigenvalue weighted by molar-refractivity contribution is 5.03. The standard InChI is InChI=1S/C14H29N3/c1-12-10-15-14(2,13-6-7-13)11-17(12)9-5-8-16(3)4/h12-13,15H,5-11H2,1-4H3. The minimum atomic E-state index is 0.393. The fourth-order valence-electron chi connectivity index (χ4n) is 3.03. The smallest absolute Gasteiger partial charge is 0.0309 e. The third-order valence-electron chi connectivity index (χ3n) is 4.49. The van der Waals surface area contributed by atoms with Gasteiger partial charge in [0, 0.05) is 24.7 Å². The molecule has 0 aromatic carbocycles. The average molecular weight is 239 g/mol. The van der Waals surface area contributed by atoms with Gasteiger partial charge in [-0.3, -0.25) is 4.90 Å². The first-order chi connectivity index (χ1) is 8.01. The van der Waals surface area contributed by atoms with Crippen LogP contribution in [0.25, 0.3) is 0 Å². The molecule has 0 bridgehead atoms. The lowest BCUT2D eigenvalue weighted by Crippen LogP contribution is -2.63. The van der Waals surface area contributed by atoms with Crippen molar-refractivity contribution in [3.63, 3.8) is 0 Å². The lowest BCUT2D eigenvalue weighted by atomic mass is 9.91. The fraction of sp³-hybridized carbons (Fsp3) is 1.00. The van der Waals surface area contributed by atoms with E-state index in [0.717, 1.165) is 12.5 Å². The van der Waals surface area contributed by atoms with Crippen molar-refractivity contribution in [2.45, 2.75) is 44.7 Å². The molecule has 0 aromatic rings. The zero-order valence-corrected chi connectivity index (χ0v) is 12.0. The van der Waals surface area contributed by atoms with Crippen molar-refractivity contribution in [2.75, 3.05) is 40.3 Å². The van der Waals surface area contributed by atoms with Gasteiger partial charge in [-0.2, -0.15) is 0 Å². The van der Waals surface area contributed by atoms with Crippen LogP contribution in [0, 0.1) is 5.92 Å². The first kappa shape index (κ1) is 13.3. The molecule has 100 valence electrons. The average Bonchev–Trinajstić information content (AvgIpc) is 3.07. The van der Waals surface area contributed by atoms with E-state index in [0.29, 0.717) is 11.6 Å². The number of rotatable bonds is 5. The normalized spacial score (nSPS) is 35.5. The molecule has 1 aliphatic carbocycles. The SMILES string of the molecule is CC1CNC(C)(C2CC2)CN1CCCN(C)C. The highest BCUT2D eigenvalue weighted by Gasteiger charge is 2.44. The van der Waals surface area contributed by atoms with Crippen molar-refractivity contribution in [3.05, 3.63) is 0 Å². The predicted molar refractivity (Wildman–Crippen MR) is 73.3 cm³/mol. The Labute approximate surface area is 107 Å². The second-order valence-corrected chi connectivity index (χ2v) is 6.55. The van der Waals surface area contributed by atoms with Gasteiger partial charge in [-0.1, -0.05) is 0 Å². The first-order valence-corrected chi connectivity index (χ1v) is 7.15. The summed E-state index contributed by atoms with van der Waals surface area (Å²) in [4.78, 5) is 4.98. The molecule has 2 atom stereocenters. The Morgan fingerprint density at radius 2 is 2.06 bits per heavy atom. The molecule has 3 nitrogen and oxygen atoms in total. The Kier molecular flexibility index (Phi) is 4.11. The Hall–Kier alpha value is -0.120. The summed E-state index contributed by atoms with van der Waals surface area (Å²) in [5, 5.41) is 3.78. The van der Waals surface area contributed by atoms with Gasteiger partial charge in [0.1, 0.15) is 0 Å². The lowest BCUT2D eigenvalue weighted by Gasteiger charge is -2.45. The molecule has 2 fully saturated rings. The maximum atomic E-state index is 3.78. The number of nitrogens with one attached hydrogen (secondary N) is 1. The molecule has 2 unspecified atom stereocenters. The molecule has 2 rings (SSSR count). The Morgan fingerprint density at radius 3 is 2.65 bits per heavy atom. The summed E-state index contributed by atoms with van der Waals surface area (Å²) in [6.45, 7) is 9.64. The van der Waals surface area contributed by atoms with Crippen LogP contribution in [0.2, 0.25) is 0 Å². The van der Waals surface area contributed by atoms with E-state index in [-0.39, 0.29) is 0 Å². The summed E-state index contributed by atoms with van der Waals surface area (Å²) in [6, 6.07) is 0.698. The second-order valence-electron chi connectivity index (χ2n) is 6.55. The van der Waals surface area contributed by atoms with Crippen LogP contribution in [0.3, 0.4) is 0 Å². The van der Waals surface area contributed by atoms with Crippen LogP contribution in [0.15, 0.2) is 0 Å². The van der Waals surface area contributed by atoms with Crippen LogP contribution in [-0.4, -0.2) is 61.7 Å². The molecule has 0 aromatic heterocycles. The van der Waals surface area contributed by atoms with E-state index in [9.17, 15) is 0 Å². The molecule has 3 heteroatoms. The van der Waals surface area contributed by atoms with E-state index in [1.807, 2.05) is 0 Å². The topological polar surface area (TPSA) is 18.5 Å². The molecule has 0 radical (unpaired) electrons. The molecular weight excluding hydrogens is 210 g/mol.